The molecular weight excluding hydrogens is 289 g/mol. The van der Waals surface area contributed by atoms with Gasteiger partial charge in [-0.15, -0.1) is 0 Å². The van der Waals surface area contributed by atoms with Crippen LogP contribution in [0.25, 0.3) is 10.9 Å². The van der Waals surface area contributed by atoms with Crippen molar-refractivity contribution in [2.45, 2.75) is 26.5 Å². The third-order valence-corrected chi connectivity index (χ3v) is 3.53. The molecule has 0 radical (unpaired) electrons. The molecule has 0 fully saturated rings. The number of aryl methyl sites for hydroxylation is 2. The minimum atomic E-state index is -0.976. The monoisotopic (exact) mass is 303 g/mol. The number of rotatable bonds is 3. The Hall–Kier alpha value is -2.54. The summed E-state index contributed by atoms with van der Waals surface area (Å²) < 4.78 is 19.1. The highest BCUT2D eigenvalue weighted by atomic mass is 19.1. The van der Waals surface area contributed by atoms with E-state index in [1.165, 1.54) is 24.3 Å². The molecule has 0 aliphatic heterocycles. The number of nitrogens with zero attached hydrogens (tertiary/aromatic N) is 3. The van der Waals surface area contributed by atoms with E-state index in [1.807, 2.05) is 0 Å². The Morgan fingerprint density at radius 2 is 2.00 bits per heavy atom. The molecule has 1 unspecified atom stereocenters. The Balaban J connectivity index is 1.99. The molecule has 114 valence electrons. The summed E-state index contributed by atoms with van der Waals surface area (Å²) in [6, 6.07) is 5.45. The predicted molar refractivity (Wildman–Crippen MR) is 76.9 cm³/mol. The number of hydrogen-bond donors (Lipinski definition) is 1. The SMILES string of the molecule is Cc1nn(CC(O)c2ccc(F)cc2)c(=O)c2noc(C)c12. The van der Waals surface area contributed by atoms with Crippen LogP contribution >= 0.6 is 0 Å². The van der Waals surface area contributed by atoms with Gasteiger partial charge in [0.2, 0.25) is 0 Å². The Kier molecular flexibility index (Phi) is 3.50. The lowest BCUT2D eigenvalue weighted by Crippen LogP contribution is -2.27. The van der Waals surface area contributed by atoms with E-state index in [-0.39, 0.29) is 17.9 Å². The van der Waals surface area contributed by atoms with E-state index in [0.29, 0.717) is 22.4 Å². The van der Waals surface area contributed by atoms with Gasteiger partial charge in [-0.2, -0.15) is 5.10 Å². The maximum absolute atomic E-state index is 12.9. The highest BCUT2D eigenvalue weighted by Gasteiger charge is 2.17. The second-order valence-corrected chi connectivity index (χ2v) is 5.10. The highest BCUT2D eigenvalue weighted by Crippen LogP contribution is 2.18. The van der Waals surface area contributed by atoms with Gasteiger partial charge in [-0.05, 0) is 31.5 Å². The largest absolute Gasteiger partial charge is 0.386 e. The lowest BCUT2D eigenvalue weighted by molar-refractivity contribution is 0.149. The second-order valence-electron chi connectivity index (χ2n) is 5.10. The van der Waals surface area contributed by atoms with Gasteiger partial charge in [0.15, 0.2) is 5.52 Å². The average molecular weight is 303 g/mol. The molecule has 1 aromatic carbocycles. The maximum Gasteiger partial charge on any atom is 0.296 e. The van der Waals surface area contributed by atoms with Crippen LogP contribution in [0.4, 0.5) is 4.39 Å². The molecule has 0 aliphatic rings. The van der Waals surface area contributed by atoms with Crippen molar-refractivity contribution in [1.29, 1.82) is 0 Å². The molecule has 0 saturated carbocycles. The Morgan fingerprint density at radius 1 is 1.32 bits per heavy atom. The van der Waals surface area contributed by atoms with Crippen molar-refractivity contribution in [1.82, 2.24) is 14.9 Å². The van der Waals surface area contributed by atoms with Crippen LogP contribution in [0.1, 0.15) is 23.1 Å². The maximum atomic E-state index is 12.9. The van der Waals surface area contributed by atoms with Crippen molar-refractivity contribution in [3.05, 3.63) is 57.5 Å². The number of halogens is 1. The normalized spacial score (nSPS) is 12.7. The van der Waals surface area contributed by atoms with Gasteiger partial charge in [0.05, 0.1) is 23.7 Å². The second kappa shape index (κ2) is 5.34. The van der Waals surface area contributed by atoms with Gasteiger partial charge in [0.25, 0.3) is 5.56 Å². The van der Waals surface area contributed by atoms with Crippen LogP contribution in [0, 0.1) is 19.7 Å². The molecule has 1 atom stereocenters. The molecule has 6 nitrogen and oxygen atoms in total. The first kappa shape index (κ1) is 14.4. The molecule has 2 aromatic heterocycles. The predicted octanol–water partition coefficient (Wildman–Crippen LogP) is 1.87. The quantitative estimate of drug-likeness (QED) is 0.799. The van der Waals surface area contributed by atoms with Crippen LogP contribution in [0.15, 0.2) is 33.6 Å². The van der Waals surface area contributed by atoms with Crippen LogP contribution in [0.3, 0.4) is 0 Å². The fraction of sp³-hybridized carbons (Fsp3) is 0.267. The van der Waals surface area contributed by atoms with Gasteiger partial charge in [-0.25, -0.2) is 9.07 Å². The topological polar surface area (TPSA) is 81.1 Å². The first-order valence-electron chi connectivity index (χ1n) is 6.74. The number of fused-ring (bicyclic) bond motifs is 1. The summed E-state index contributed by atoms with van der Waals surface area (Å²) in [5.74, 6) is 0.143. The average Bonchev–Trinajstić information content (AvgIpc) is 2.88. The third-order valence-electron chi connectivity index (χ3n) is 3.53. The first-order valence-corrected chi connectivity index (χ1v) is 6.74. The molecule has 0 amide bonds. The van der Waals surface area contributed by atoms with Crippen LogP contribution < -0.4 is 5.56 Å². The van der Waals surface area contributed by atoms with E-state index in [2.05, 4.69) is 10.3 Å². The van der Waals surface area contributed by atoms with Gasteiger partial charge in [0, 0.05) is 0 Å². The first-order chi connectivity index (χ1) is 10.5. The van der Waals surface area contributed by atoms with Gasteiger partial charge in [-0.3, -0.25) is 4.79 Å². The number of aliphatic hydroxyl groups is 1. The van der Waals surface area contributed by atoms with Crippen LogP contribution in [0.2, 0.25) is 0 Å². The standard InChI is InChI=1S/C15H14FN3O3/c1-8-13-9(2)22-18-14(13)15(21)19(17-8)7-12(20)10-3-5-11(16)6-4-10/h3-6,12,20H,7H2,1-2H3. The molecule has 3 rings (SSSR count). The molecule has 0 spiro atoms. The molecule has 2 heterocycles. The van der Waals surface area contributed by atoms with Crippen molar-refractivity contribution < 1.29 is 14.0 Å². The number of benzene rings is 1. The minimum absolute atomic E-state index is 0.0485. The zero-order chi connectivity index (χ0) is 15.9. The molecule has 1 N–H and O–H groups in total. The smallest absolute Gasteiger partial charge is 0.296 e. The third kappa shape index (κ3) is 2.39. The van der Waals surface area contributed by atoms with E-state index >= 15 is 0 Å². The summed E-state index contributed by atoms with van der Waals surface area (Å²) in [6.07, 6.45) is -0.976. The molecule has 0 saturated heterocycles. The van der Waals surface area contributed by atoms with Crippen molar-refractivity contribution in [3.8, 4) is 0 Å². The number of hydrogen-bond acceptors (Lipinski definition) is 5. The lowest BCUT2D eigenvalue weighted by atomic mass is 10.1. The van der Waals surface area contributed by atoms with Crippen LogP contribution in [-0.4, -0.2) is 20.0 Å². The Bertz CT molecular complexity index is 883. The van der Waals surface area contributed by atoms with E-state index in [0.717, 1.165) is 4.68 Å². The molecule has 0 bridgehead atoms. The number of aliphatic hydroxyl groups excluding tert-OH is 1. The van der Waals surface area contributed by atoms with Gasteiger partial charge in [-0.1, -0.05) is 17.3 Å². The van der Waals surface area contributed by atoms with Crippen molar-refractivity contribution >= 4 is 10.9 Å². The molecule has 3 aromatic rings. The van der Waals surface area contributed by atoms with Crippen molar-refractivity contribution in [2.24, 2.45) is 0 Å². The summed E-state index contributed by atoms with van der Waals surface area (Å²) in [5, 5.41) is 18.7. The van der Waals surface area contributed by atoms with Gasteiger partial charge < -0.3 is 9.63 Å². The van der Waals surface area contributed by atoms with E-state index in [1.54, 1.807) is 13.8 Å². The van der Waals surface area contributed by atoms with Gasteiger partial charge in [0.1, 0.15) is 11.6 Å². The highest BCUT2D eigenvalue weighted by molar-refractivity contribution is 5.81. The Labute approximate surface area is 124 Å². The van der Waals surface area contributed by atoms with Gasteiger partial charge >= 0.3 is 0 Å². The zero-order valence-corrected chi connectivity index (χ0v) is 12.1. The minimum Gasteiger partial charge on any atom is -0.386 e. The van der Waals surface area contributed by atoms with Crippen molar-refractivity contribution in [2.75, 3.05) is 0 Å². The molecule has 22 heavy (non-hydrogen) atoms. The summed E-state index contributed by atoms with van der Waals surface area (Å²) in [4.78, 5) is 12.3. The van der Waals surface area contributed by atoms with E-state index in [9.17, 15) is 14.3 Å². The zero-order valence-electron chi connectivity index (χ0n) is 12.1. The fourth-order valence-electron chi connectivity index (χ4n) is 2.42. The molecule has 0 aliphatic carbocycles. The summed E-state index contributed by atoms with van der Waals surface area (Å²) >= 11 is 0. The lowest BCUT2D eigenvalue weighted by Gasteiger charge is -2.12. The van der Waals surface area contributed by atoms with Crippen LogP contribution in [0.5, 0.6) is 0 Å². The number of aromatic nitrogens is 3. The molecular formula is C15H14FN3O3. The van der Waals surface area contributed by atoms with Crippen molar-refractivity contribution in [3.63, 3.8) is 0 Å². The summed E-state index contributed by atoms with van der Waals surface area (Å²) in [5.41, 5.74) is 0.860. The summed E-state index contributed by atoms with van der Waals surface area (Å²) in [6.45, 7) is 3.40. The fourth-order valence-corrected chi connectivity index (χ4v) is 2.42. The van der Waals surface area contributed by atoms with E-state index in [4.69, 9.17) is 4.52 Å². The van der Waals surface area contributed by atoms with E-state index < -0.39 is 11.7 Å². The molecule has 7 heteroatoms. The van der Waals surface area contributed by atoms with Crippen LogP contribution in [-0.2, 0) is 6.54 Å². The Morgan fingerprint density at radius 3 is 2.68 bits per heavy atom. The summed E-state index contributed by atoms with van der Waals surface area (Å²) in [7, 11) is 0.